The molecule has 0 saturated carbocycles. The minimum atomic E-state index is -2.99. The smallest absolute Gasteiger partial charge is 0.372 e. The first kappa shape index (κ1) is 14.7. The minimum Gasteiger partial charge on any atom is -0.475 e. The molecule has 0 aliphatic rings. The molecule has 1 rings (SSSR count). The molecule has 0 atom stereocenters. The van der Waals surface area contributed by atoms with E-state index >= 15 is 0 Å². The van der Waals surface area contributed by atoms with Gasteiger partial charge >= 0.3 is 5.97 Å². The van der Waals surface area contributed by atoms with Gasteiger partial charge in [-0.05, 0) is 20.0 Å². The first-order chi connectivity index (χ1) is 8.19. The van der Waals surface area contributed by atoms with E-state index in [0.717, 1.165) is 0 Å². The first-order valence-corrected chi connectivity index (χ1v) is 7.44. The molecule has 0 saturated heterocycles. The second-order valence-corrected chi connectivity index (χ2v) is 6.66. The lowest BCUT2D eigenvalue weighted by Gasteiger charge is -2.13. The van der Waals surface area contributed by atoms with Crippen LogP contribution in [0.2, 0.25) is 0 Å². The molecule has 6 nitrogen and oxygen atoms in total. The number of aryl methyl sites for hydroxylation is 1. The molecule has 18 heavy (non-hydrogen) atoms. The second kappa shape index (κ2) is 5.53. The topological polar surface area (TPSA) is 87.8 Å². The Morgan fingerprint density at radius 3 is 2.56 bits per heavy atom. The highest BCUT2D eigenvalue weighted by Crippen LogP contribution is 2.15. The molecule has 0 aliphatic heterocycles. The monoisotopic (exact) mass is 275 g/mol. The van der Waals surface area contributed by atoms with Crippen molar-refractivity contribution in [2.45, 2.75) is 13.5 Å². The molecular weight excluding hydrogens is 258 g/mol. The summed E-state index contributed by atoms with van der Waals surface area (Å²) < 4.78 is 27.2. The zero-order valence-corrected chi connectivity index (χ0v) is 11.5. The Bertz CT molecular complexity index is 532. The summed E-state index contributed by atoms with van der Waals surface area (Å²) in [7, 11) is -1.24. The molecule has 0 aromatic carbocycles. The van der Waals surface area contributed by atoms with E-state index in [-0.39, 0.29) is 11.5 Å². The van der Waals surface area contributed by atoms with E-state index in [2.05, 4.69) is 0 Å². The van der Waals surface area contributed by atoms with Crippen LogP contribution < -0.4 is 0 Å². The number of sulfone groups is 1. The minimum absolute atomic E-state index is 0.0645. The van der Waals surface area contributed by atoms with Gasteiger partial charge in [-0.25, -0.2) is 13.2 Å². The molecule has 1 heterocycles. The van der Waals surface area contributed by atoms with Crippen molar-refractivity contribution in [3.05, 3.63) is 23.2 Å². The summed E-state index contributed by atoms with van der Waals surface area (Å²) in [5, 5.41) is 8.84. The highest BCUT2D eigenvalue weighted by Gasteiger charge is 2.15. The lowest BCUT2D eigenvalue weighted by atomic mass is 10.2. The third-order valence-electron chi connectivity index (χ3n) is 2.43. The van der Waals surface area contributed by atoms with E-state index < -0.39 is 15.8 Å². The van der Waals surface area contributed by atoms with Crippen molar-refractivity contribution in [3.8, 4) is 0 Å². The lowest BCUT2D eigenvalue weighted by Crippen LogP contribution is -2.24. The van der Waals surface area contributed by atoms with Crippen LogP contribution in [0.4, 0.5) is 0 Å². The van der Waals surface area contributed by atoms with Gasteiger partial charge < -0.3 is 9.52 Å². The molecule has 0 radical (unpaired) electrons. The van der Waals surface area contributed by atoms with Crippen LogP contribution in [0, 0.1) is 6.92 Å². The zero-order chi connectivity index (χ0) is 13.9. The average molecular weight is 275 g/mol. The molecule has 0 unspecified atom stereocenters. The van der Waals surface area contributed by atoms with Crippen LogP contribution in [-0.2, 0) is 16.4 Å². The van der Waals surface area contributed by atoms with Gasteiger partial charge in [0.2, 0.25) is 5.76 Å². The number of carbonyl (C=O) groups is 1. The number of carboxylic acid groups (broad SMARTS) is 1. The fraction of sp³-hybridized carbons (Fsp3) is 0.545. The van der Waals surface area contributed by atoms with E-state index in [1.54, 1.807) is 24.9 Å². The number of aromatic carboxylic acids is 1. The van der Waals surface area contributed by atoms with E-state index in [1.165, 1.54) is 6.26 Å². The Balaban J connectivity index is 2.62. The van der Waals surface area contributed by atoms with E-state index in [0.29, 0.717) is 24.4 Å². The SMILES string of the molecule is Cc1cc(CN(C)CCS(C)(=O)=O)oc1C(=O)O. The van der Waals surface area contributed by atoms with Crippen molar-refractivity contribution < 1.29 is 22.7 Å². The molecule has 0 spiro atoms. The van der Waals surface area contributed by atoms with Gasteiger partial charge in [0.15, 0.2) is 0 Å². The van der Waals surface area contributed by atoms with Gasteiger partial charge in [0.05, 0.1) is 12.3 Å². The Hall–Kier alpha value is -1.34. The molecule has 0 aliphatic carbocycles. The van der Waals surface area contributed by atoms with Crippen LogP contribution in [0.15, 0.2) is 10.5 Å². The molecule has 1 N–H and O–H groups in total. The van der Waals surface area contributed by atoms with Gasteiger partial charge in [0, 0.05) is 18.4 Å². The highest BCUT2D eigenvalue weighted by molar-refractivity contribution is 7.90. The molecule has 0 amide bonds. The van der Waals surface area contributed by atoms with E-state index in [9.17, 15) is 13.2 Å². The number of nitrogens with zero attached hydrogens (tertiary/aromatic N) is 1. The Kier molecular flexibility index (Phi) is 4.53. The maximum atomic E-state index is 11.0. The maximum Gasteiger partial charge on any atom is 0.372 e. The van der Waals surface area contributed by atoms with Crippen molar-refractivity contribution in [1.29, 1.82) is 0 Å². The fourth-order valence-electron chi connectivity index (χ4n) is 1.51. The second-order valence-electron chi connectivity index (χ2n) is 4.40. The average Bonchev–Trinajstić information content (AvgIpc) is 2.55. The first-order valence-electron chi connectivity index (χ1n) is 5.38. The van der Waals surface area contributed by atoms with Gasteiger partial charge in [0.1, 0.15) is 15.6 Å². The number of furan rings is 1. The Morgan fingerprint density at radius 1 is 1.50 bits per heavy atom. The number of carboxylic acids is 1. The largest absolute Gasteiger partial charge is 0.475 e. The predicted molar refractivity (Wildman–Crippen MR) is 66.4 cm³/mol. The van der Waals surface area contributed by atoms with Crippen LogP contribution in [0.1, 0.15) is 21.9 Å². The third kappa shape index (κ3) is 4.50. The summed E-state index contributed by atoms with van der Waals surface area (Å²) in [5.41, 5.74) is 0.564. The van der Waals surface area contributed by atoms with Gasteiger partial charge in [-0.1, -0.05) is 0 Å². The van der Waals surface area contributed by atoms with Crippen LogP contribution in [0.5, 0.6) is 0 Å². The van der Waals surface area contributed by atoms with Gasteiger partial charge in [-0.15, -0.1) is 0 Å². The Labute approximate surface area is 106 Å². The van der Waals surface area contributed by atoms with Gasteiger partial charge in [-0.2, -0.15) is 0 Å². The van der Waals surface area contributed by atoms with Crippen molar-refractivity contribution in [2.24, 2.45) is 0 Å². The van der Waals surface area contributed by atoms with Crippen LogP contribution in [0.25, 0.3) is 0 Å². The zero-order valence-electron chi connectivity index (χ0n) is 10.6. The number of hydrogen-bond donors (Lipinski definition) is 1. The molecule has 1 aromatic rings. The molecule has 1 aromatic heterocycles. The summed E-state index contributed by atoms with van der Waals surface area (Å²) in [5.74, 6) is -0.588. The van der Waals surface area contributed by atoms with Crippen LogP contribution in [0.3, 0.4) is 0 Å². The lowest BCUT2D eigenvalue weighted by molar-refractivity contribution is 0.0657. The third-order valence-corrected chi connectivity index (χ3v) is 3.36. The normalized spacial score (nSPS) is 12.0. The van der Waals surface area contributed by atoms with Crippen molar-refractivity contribution >= 4 is 15.8 Å². The van der Waals surface area contributed by atoms with Gasteiger partial charge in [-0.3, -0.25) is 4.90 Å². The summed E-state index contributed by atoms with van der Waals surface area (Å²) >= 11 is 0. The van der Waals surface area contributed by atoms with Crippen LogP contribution in [-0.4, -0.2) is 50.0 Å². The number of rotatable bonds is 6. The fourth-order valence-corrected chi connectivity index (χ4v) is 2.15. The molecule has 0 fully saturated rings. The quantitative estimate of drug-likeness (QED) is 0.824. The summed E-state index contributed by atoms with van der Waals surface area (Å²) in [4.78, 5) is 12.6. The molecule has 102 valence electrons. The number of hydrogen-bond acceptors (Lipinski definition) is 5. The van der Waals surface area contributed by atoms with Gasteiger partial charge in [0.25, 0.3) is 0 Å². The van der Waals surface area contributed by atoms with Crippen molar-refractivity contribution in [1.82, 2.24) is 4.90 Å². The maximum absolute atomic E-state index is 11.0. The molecule has 0 bridgehead atoms. The van der Waals surface area contributed by atoms with E-state index in [4.69, 9.17) is 9.52 Å². The van der Waals surface area contributed by atoms with Crippen molar-refractivity contribution in [2.75, 3.05) is 25.6 Å². The summed E-state index contributed by atoms with van der Waals surface area (Å²) in [6.07, 6.45) is 1.18. The Morgan fingerprint density at radius 2 is 2.11 bits per heavy atom. The summed E-state index contributed by atoms with van der Waals surface area (Å²) in [6, 6.07) is 1.65. The molecular formula is C11H17NO5S. The predicted octanol–water partition coefficient (Wildman–Crippen LogP) is 0.763. The van der Waals surface area contributed by atoms with Crippen LogP contribution >= 0.6 is 0 Å². The summed E-state index contributed by atoms with van der Waals surface area (Å²) in [6.45, 7) is 2.41. The van der Waals surface area contributed by atoms with Crippen molar-refractivity contribution in [3.63, 3.8) is 0 Å². The highest BCUT2D eigenvalue weighted by atomic mass is 32.2. The van der Waals surface area contributed by atoms with E-state index in [1.807, 2.05) is 0 Å². The standard InChI is InChI=1S/C11H17NO5S/c1-8-6-9(17-10(8)11(13)14)7-12(2)4-5-18(3,15)16/h6H,4-5,7H2,1-3H3,(H,13,14). The molecule has 7 heteroatoms.